The zero-order chi connectivity index (χ0) is 13.8. The standard InChI is InChI=1S/C16H23N3/c1-4-16-12-19(8-7-18(16)3)11-15-6-5-14(10-17)9-13(15)2/h5-6,9,16H,4,7-8,11-12H2,1-3H3. The molecule has 1 aromatic carbocycles. The molecule has 1 atom stereocenters. The van der Waals surface area contributed by atoms with Gasteiger partial charge < -0.3 is 4.90 Å². The van der Waals surface area contributed by atoms with Crippen molar-refractivity contribution in [2.24, 2.45) is 0 Å². The van der Waals surface area contributed by atoms with E-state index in [1.807, 2.05) is 12.1 Å². The summed E-state index contributed by atoms with van der Waals surface area (Å²) < 4.78 is 0. The Morgan fingerprint density at radius 2 is 2.16 bits per heavy atom. The number of piperazine rings is 1. The molecule has 0 aromatic heterocycles. The Kier molecular flexibility index (Phi) is 4.57. The normalized spacial score (nSPS) is 21.3. The van der Waals surface area contributed by atoms with Crippen molar-refractivity contribution in [2.75, 3.05) is 26.7 Å². The van der Waals surface area contributed by atoms with Crippen molar-refractivity contribution in [3.8, 4) is 6.07 Å². The highest BCUT2D eigenvalue weighted by atomic mass is 15.3. The Labute approximate surface area is 116 Å². The number of likely N-dealkylation sites (N-methyl/N-ethyl adjacent to an activating group) is 1. The molecule has 0 bridgehead atoms. The number of benzene rings is 1. The van der Waals surface area contributed by atoms with Gasteiger partial charge in [0.25, 0.3) is 0 Å². The minimum Gasteiger partial charge on any atom is -0.301 e. The second-order valence-electron chi connectivity index (χ2n) is 5.53. The maximum Gasteiger partial charge on any atom is 0.0991 e. The SMILES string of the molecule is CCC1CN(Cc2ccc(C#N)cc2C)CCN1C. The van der Waals surface area contributed by atoms with Gasteiger partial charge in [0, 0.05) is 32.2 Å². The van der Waals surface area contributed by atoms with Crippen LogP contribution in [0.2, 0.25) is 0 Å². The van der Waals surface area contributed by atoms with Crippen LogP contribution in [0.4, 0.5) is 0 Å². The number of nitriles is 1. The molecule has 0 N–H and O–H groups in total. The van der Waals surface area contributed by atoms with Crippen LogP contribution in [0.25, 0.3) is 0 Å². The largest absolute Gasteiger partial charge is 0.301 e. The molecule has 0 saturated carbocycles. The topological polar surface area (TPSA) is 30.3 Å². The molecule has 1 aliphatic rings. The Morgan fingerprint density at radius 3 is 2.79 bits per heavy atom. The molecule has 1 saturated heterocycles. The van der Waals surface area contributed by atoms with Crippen LogP contribution in [-0.2, 0) is 6.54 Å². The van der Waals surface area contributed by atoms with Crippen LogP contribution in [0, 0.1) is 18.3 Å². The Bertz CT molecular complexity index is 475. The van der Waals surface area contributed by atoms with E-state index in [1.165, 1.54) is 17.5 Å². The summed E-state index contributed by atoms with van der Waals surface area (Å²) in [5, 5.41) is 8.90. The van der Waals surface area contributed by atoms with Gasteiger partial charge in [-0.2, -0.15) is 5.26 Å². The number of hydrogen-bond donors (Lipinski definition) is 0. The Balaban J connectivity index is 2.04. The molecule has 1 aromatic rings. The fourth-order valence-electron chi connectivity index (χ4n) is 2.78. The molecule has 1 unspecified atom stereocenters. The van der Waals surface area contributed by atoms with Crippen molar-refractivity contribution < 1.29 is 0 Å². The average molecular weight is 257 g/mol. The lowest BCUT2D eigenvalue weighted by Crippen LogP contribution is -2.50. The quantitative estimate of drug-likeness (QED) is 0.833. The molecule has 1 aliphatic heterocycles. The predicted octanol–water partition coefficient (Wildman–Crippen LogP) is 2.39. The van der Waals surface area contributed by atoms with Gasteiger partial charge in [0.15, 0.2) is 0 Å². The highest BCUT2D eigenvalue weighted by molar-refractivity contribution is 5.37. The van der Waals surface area contributed by atoms with Gasteiger partial charge in [-0.25, -0.2) is 0 Å². The van der Waals surface area contributed by atoms with Crippen molar-refractivity contribution in [3.63, 3.8) is 0 Å². The smallest absolute Gasteiger partial charge is 0.0991 e. The molecule has 19 heavy (non-hydrogen) atoms. The van der Waals surface area contributed by atoms with Gasteiger partial charge in [-0.1, -0.05) is 13.0 Å². The summed E-state index contributed by atoms with van der Waals surface area (Å²) in [7, 11) is 2.22. The van der Waals surface area contributed by atoms with Gasteiger partial charge in [0.2, 0.25) is 0 Å². The molecule has 3 heteroatoms. The van der Waals surface area contributed by atoms with E-state index >= 15 is 0 Å². The maximum absolute atomic E-state index is 8.90. The van der Waals surface area contributed by atoms with Crippen molar-refractivity contribution in [1.82, 2.24) is 9.80 Å². The first-order valence-electron chi connectivity index (χ1n) is 7.06. The third kappa shape index (κ3) is 3.34. The molecule has 0 radical (unpaired) electrons. The monoisotopic (exact) mass is 257 g/mol. The summed E-state index contributed by atoms with van der Waals surface area (Å²) in [6.45, 7) is 8.79. The lowest BCUT2D eigenvalue weighted by atomic mass is 10.0. The predicted molar refractivity (Wildman–Crippen MR) is 77.9 cm³/mol. The minimum atomic E-state index is 0.674. The van der Waals surface area contributed by atoms with Crippen LogP contribution < -0.4 is 0 Å². The molecule has 1 heterocycles. The number of hydrogen-bond acceptors (Lipinski definition) is 3. The van der Waals surface area contributed by atoms with E-state index in [0.717, 1.165) is 31.7 Å². The average Bonchev–Trinajstić information content (AvgIpc) is 2.43. The molecular formula is C16H23N3. The maximum atomic E-state index is 8.90. The highest BCUT2D eigenvalue weighted by Gasteiger charge is 2.22. The molecule has 0 amide bonds. The third-order valence-electron chi connectivity index (χ3n) is 4.20. The second kappa shape index (κ2) is 6.18. The number of nitrogens with zero attached hydrogens (tertiary/aromatic N) is 3. The second-order valence-corrected chi connectivity index (χ2v) is 5.53. The van der Waals surface area contributed by atoms with Gasteiger partial charge in [0.1, 0.15) is 0 Å². The van der Waals surface area contributed by atoms with Crippen molar-refractivity contribution in [2.45, 2.75) is 32.9 Å². The fraction of sp³-hybridized carbons (Fsp3) is 0.562. The van der Waals surface area contributed by atoms with Crippen LogP contribution in [0.3, 0.4) is 0 Å². The molecule has 2 rings (SSSR count). The summed E-state index contributed by atoms with van der Waals surface area (Å²) in [6, 6.07) is 8.89. The third-order valence-corrected chi connectivity index (χ3v) is 4.20. The number of rotatable bonds is 3. The van der Waals surface area contributed by atoms with Crippen LogP contribution in [0.5, 0.6) is 0 Å². The summed E-state index contributed by atoms with van der Waals surface area (Å²) in [5.74, 6) is 0. The van der Waals surface area contributed by atoms with Crippen LogP contribution in [0.15, 0.2) is 18.2 Å². The zero-order valence-electron chi connectivity index (χ0n) is 12.2. The zero-order valence-corrected chi connectivity index (χ0v) is 12.2. The first-order valence-corrected chi connectivity index (χ1v) is 7.06. The molecule has 3 nitrogen and oxygen atoms in total. The first kappa shape index (κ1) is 14.0. The van der Waals surface area contributed by atoms with E-state index in [-0.39, 0.29) is 0 Å². The van der Waals surface area contributed by atoms with Crippen molar-refractivity contribution in [1.29, 1.82) is 5.26 Å². The minimum absolute atomic E-state index is 0.674. The van der Waals surface area contributed by atoms with Gasteiger partial charge in [-0.05, 0) is 43.7 Å². The van der Waals surface area contributed by atoms with Gasteiger partial charge in [-0.3, -0.25) is 4.90 Å². The summed E-state index contributed by atoms with van der Waals surface area (Å²) in [5.41, 5.74) is 3.33. The molecule has 0 aliphatic carbocycles. The molecule has 0 spiro atoms. The van der Waals surface area contributed by atoms with Crippen LogP contribution in [-0.4, -0.2) is 42.5 Å². The van der Waals surface area contributed by atoms with E-state index in [2.05, 4.69) is 42.8 Å². The van der Waals surface area contributed by atoms with E-state index in [9.17, 15) is 0 Å². The van der Waals surface area contributed by atoms with Crippen LogP contribution >= 0.6 is 0 Å². The van der Waals surface area contributed by atoms with Crippen molar-refractivity contribution in [3.05, 3.63) is 34.9 Å². The van der Waals surface area contributed by atoms with E-state index in [4.69, 9.17) is 5.26 Å². The highest BCUT2D eigenvalue weighted by Crippen LogP contribution is 2.17. The fourth-order valence-corrected chi connectivity index (χ4v) is 2.78. The molecule has 1 fully saturated rings. The van der Waals surface area contributed by atoms with Crippen molar-refractivity contribution >= 4 is 0 Å². The Morgan fingerprint density at radius 1 is 1.37 bits per heavy atom. The van der Waals surface area contributed by atoms with Gasteiger partial charge in [-0.15, -0.1) is 0 Å². The van der Waals surface area contributed by atoms with Crippen LogP contribution in [0.1, 0.15) is 30.0 Å². The lowest BCUT2D eigenvalue weighted by molar-refractivity contribution is 0.0882. The van der Waals surface area contributed by atoms with E-state index in [0.29, 0.717) is 6.04 Å². The summed E-state index contributed by atoms with van der Waals surface area (Å²) in [4.78, 5) is 4.99. The Hall–Kier alpha value is -1.37. The molecule has 102 valence electrons. The van der Waals surface area contributed by atoms with E-state index in [1.54, 1.807) is 0 Å². The summed E-state index contributed by atoms with van der Waals surface area (Å²) >= 11 is 0. The van der Waals surface area contributed by atoms with Gasteiger partial charge >= 0.3 is 0 Å². The lowest BCUT2D eigenvalue weighted by Gasteiger charge is -2.39. The summed E-state index contributed by atoms with van der Waals surface area (Å²) in [6.07, 6.45) is 1.21. The molecular weight excluding hydrogens is 234 g/mol. The van der Waals surface area contributed by atoms with E-state index < -0.39 is 0 Å². The first-order chi connectivity index (χ1) is 9.13. The van der Waals surface area contributed by atoms with Gasteiger partial charge in [0.05, 0.1) is 11.6 Å². The number of aryl methyl sites for hydroxylation is 1.